The molecule has 0 amide bonds. The third-order valence-electron chi connectivity index (χ3n) is 2.98. The molecule has 19 heavy (non-hydrogen) atoms. The molecule has 1 heterocycles. The molecule has 104 valence electrons. The van der Waals surface area contributed by atoms with Crippen LogP contribution in [-0.2, 0) is 4.74 Å². The summed E-state index contributed by atoms with van der Waals surface area (Å²) in [5.41, 5.74) is 4.49. The van der Waals surface area contributed by atoms with E-state index in [9.17, 15) is 4.79 Å². The van der Waals surface area contributed by atoms with Crippen LogP contribution in [0.3, 0.4) is 0 Å². The Labute approximate surface area is 117 Å². The highest BCUT2D eigenvalue weighted by Gasteiger charge is 2.11. The van der Waals surface area contributed by atoms with Gasteiger partial charge in [-0.05, 0) is 32.6 Å². The molecule has 0 radical (unpaired) electrons. The first-order chi connectivity index (χ1) is 9.29. The first-order valence-electron chi connectivity index (χ1n) is 6.73. The lowest BCUT2D eigenvalue weighted by molar-refractivity contribution is 0.0520. The van der Waals surface area contributed by atoms with Crippen molar-refractivity contribution >= 4 is 28.1 Å². The van der Waals surface area contributed by atoms with Crippen molar-refractivity contribution in [2.45, 2.75) is 45.4 Å². The summed E-state index contributed by atoms with van der Waals surface area (Å²) in [6.45, 7) is 2.14. The number of anilines is 1. The van der Waals surface area contributed by atoms with E-state index in [1.165, 1.54) is 42.7 Å². The van der Waals surface area contributed by atoms with Crippen LogP contribution in [0.2, 0.25) is 0 Å². The second-order valence-corrected chi connectivity index (χ2v) is 5.32. The van der Waals surface area contributed by atoms with Crippen LogP contribution in [0.15, 0.2) is 10.5 Å². The number of ether oxygens (including phenoxy) is 1. The Balaban J connectivity index is 1.92. The van der Waals surface area contributed by atoms with Gasteiger partial charge in [0.15, 0.2) is 5.69 Å². The number of aromatic nitrogens is 1. The minimum absolute atomic E-state index is 0.343. The maximum absolute atomic E-state index is 11.5. The Bertz CT molecular complexity index is 446. The molecular formula is C13H19N3O2S. The van der Waals surface area contributed by atoms with Gasteiger partial charge in [-0.3, -0.25) is 5.43 Å². The average molecular weight is 281 g/mol. The quantitative estimate of drug-likeness (QED) is 0.521. The molecule has 0 bridgehead atoms. The van der Waals surface area contributed by atoms with E-state index in [1.807, 2.05) is 0 Å². The molecule has 0 unspecified atom stereocenters. The van der Waals surface area contributed by atoms with E-state index in [4.69, 9.17) is 4.74 Å². The molecule has 0 aliphatic heterocycles. The molecule has 0 atom stereocenters. The molecule has 1 aromatic heterocycles. The maximum Gasteiger partial charge on any atom is 0.357 e. The van der Waals surface area contributed by atoms with E-state index < -0.39 is 0 Å². The Morgan fingerprint density at radius 3 is 2.84 bits per heavy atom. The van der Waals surface area contributed by atoms with E-state index in [0.29, 0.717) is 17.4 Å². The number of nitrogens with zero attached hydrogens (tertiary/aromatic N) is 2. The van der Waals surface area contributed by atoms with Gasteiger partial charge in [-0.1, -0.05) is 12.8 Å². The lowest BCUT2D eigenvalue weighted by atomic mass is 10.2. The number of rotatable bonds is 4. The summed E-state index contributed by atoms with van der Waals surface area (Å²) in [4.78, 5) is 15.6. The molecule has 1 aromatic rings. The highest BCUT2D eigenvalue weighted by molar-refractivity contribution is 7.13. The number of hydrogen-bond acceptors (Lipinski definition) is 6. The standard InChI is InChI=1S/C13H19N3O2S/c1-2-18-12(17)11-9-19-13(14-11)16-15-10-7-5-3-4-6-8-10/h9H,2-8H2,1H3,(H,14,16). The summed E-state index contributed by atoms with van der Waals surface area (Å²) in [6, 6.07) is 0. The molecule has 1 N–H and O–H groups in total. The summed E-state index contributed by atoms with van der Waals surface area (Å²) >= 11 is 1.37. The summed E-state index contributed by atoms with van der Waals surface area (Å²) < 4.78 is 4.89. The van der Waals surface area contributed by atoms with Gasteiger partial charge in [0.05, 0.1) is 6.61 Å². The zero-order valence-corrected chi connectivity index (χ0v) is 12.0. The Morgan fingerprint density at radius 1 is 1.42 bits per heavy atom. The molecule has 2 rings (SSSR count). The van der Waals surface area contributed by atoms with Crippen molar-refractivity contribution in [2.24, 2.45) is 5.10 Å². The van der Waals surface area contributed by atoms with E-state index in [1.54, 1.807) is 12.3 Å². The van der Waals surface area contributed by atoms with Gasteiger partial charge in [0, 0.05) is 11.1 Å². The van der Waals surface area contributed by atoms with Crippen LogP contribution in [0.25, 0.3) is 0 Å². The van der Waals surface area contributed by atoms with Crippen LogP contribution in [0.4, 0.5) is 5.13 Å². The fourth-order valence-corrected chi connectivity index (χ4v) is 2.62. The third-order valence-corrected chi connectivity index (χ3v) is 3.73. The summed E-state index contributed by atoms with van der Waals surface area (Å²) in [5, 5.41) is 6.72. The number of hydrazone groups is 1. The SMILES string of the molecule is CCOC(=O)c1csc(NN=C2CCCCCC2)n1. The van der Waals surface area contributed by atoms with E-state index in [2.05, 4.69) is 15.5 Å². The zero-order chi connectivity index (χ0) is 13.5. The van der Waals surface area contributed by atoms with Gasteiger partial charge in [0.25, 0.3) is 0 Å². The number of nitrogens with one attached hydrogen (secondary N) is 1. The smallest absolute Gasteiger partial charge is 0.357 e. The lowest BCUT2D eigenvalue weighted by Gasteiger charge is -2.01. The molecule has 0 aromatic carbocycles. The maximum atomic E-state index is 11.5. The van der Waals surface area contributed by atoms with Gasteiger partial charge in [0.2, 0.25) is 5.13 Å². The van der Waals surface area contributed by atoms with Crippen LogP contribution in [0.5, 0.6) is 0 Å². The van der Waals surface area contributed by atoms with Gasteiger partial charge in [-0.15, -0.1) is 11.3 Å². The van der Waals surface area contributed by atoms with E-state index in [-0.39, 0.29) is 5.97 Å². The number of esters is 1. The van der Waals surface area contributed by atoms with Gasteiger partial charge in [-0.25, -0.2) is 9.78 Å². The normalized spacial score (nSPS) is 15.7. The number of thiazole rings is 1. The predicted molar refractivity (Wildman–Crippen MR) is 76.8 cm³/mol. The molecule has 0 spiro atoms. The Morgan fingerprint density at radius 2 is 2.16 bits per heavy atom. The molecule has 6 heteroatoms. The second kappa shape index (κ2) is 7.23. The van der Waals surface area contributed by atoms with Crippen molar-refractivity contribution in [2.75, 3.05) is 12.0 Å². The van der Waals surface area contributed by atoms with Gasteiger partial charge < -0.3 is 4.74 Å². The topological polar surface area (TPSA) is 63.6 Å². The third kappa shape index (κ3) is 4.31. The highest BCUT2D eigenvalue weighted by atomic mass is 32.1. The Kier molecular flexibility index (Phi) is 5.32. The largest absolute Gasteiger partial charge is 0.461 e. The summed E-state index contributed by atoms with van der Waals surface area (Å²) in [6.07, 6.45) is 7.14. The first kappa shape index (κ1) is 14.0. The molecule has 1 aliphatic carbocycles. The van der Waals surface area contributed by atoms with Crippen molar-refractivity contribution in [1.29, 1.82) is 0 Å². The van der Waals surface area contributed by atoms with E-state index in [0.717, 1.165) is 12.8 Å². The van der Waals surface area contributed by atoms with Gasteiger partial charge in [-0.2, -0.15) is 5.10 Å². The van der Waals surface area contributed by atoms with Crippen molar-refractivity contribution < 1.29 is 9.53 Å². The number of carbonyl (C=O) groups excluding carboxylic acids is 1. The van der Waals surface area contributed by atoms with Crippen molar-refractivity contribution in [3.05, 3.63) is 11.1 Å². The fraction of sp³-hybridized carbons (Fsp3) is 0.615. The van der Waals surface area contributed by atoms with Crippen molar-refractivity contribution in [3.8, 4) is 0 Å². The molecule has 1 fully saturated rings. The van der Waals surface area contributed by atoms with Crippen molar-refractivity contribution in [3.63, 3.8) is 0 Å². The van der Waals surface area contributed by atoms with Crippen LogP contribution in [0.1, 0.15) is 55.9 Å². The molecule has 5 nitrogen and oxygen atoms in total. The van der Waals surface area contributed by atoms with Crippen LogP contribution in [0, 0.1) is 0 Å². The molecule has 1 saturated carbocycles. The van der Waals surface area contributed by atoms with Crippen LogP contribution < -0.4 is 5.43 Å². The summed E-state index contributed by atoms with van der Waals surface area (Å²) in [7, 11) is 0. The second-order valence-electron chi connectivity index (χ2n) is 4.46. The number of carbonyl (C=O) groups is 1. The van der Waals surface area contributed by atoms with Gasteiger partial charge in [0.1, 0.15) is 0 Å². The van der Waals surface area contributed by atoms with Crippen molar-refractivity contribution in [1.82, 2.24) is 4.98 Å². The Hall–Kier alpha value is -1.43. The average Bonchev–Trinajstić information content (AvgIpc) is 2.73. The highest BCUT2D eigenvalue weighted by Crippen LogP contribution is 2.18. The zero-order valence-electron chi connectivity index (χ0n) is 11.1. The lowest BCUT2D eigenvalue weighted by Crippen LogP contribution is -2.05. The summed E-state index contributed by atoms with van der Waals surface area (Å²) in [5.74, 6) is -0.381. The minimum Gasteiger partial charge on any atom is -0.461 e. The fourth-order valence-electron chi connectivity index (χ4n) is 2.00. The van der Waals surface area contributed by atoms with Crippen LogP contribution >= 0.6 is 11.3 Å². The monoisotopic (exact) mass is 281 g/mol. The minimum atomic E-state index is -0.381. The predicted octanol–water partition coefficient (Wildman–Crippen LogP) is 3.44. The molecule has 0 saturated heterocycles. The van der Waals surface area contributed by atoms with Crippen LogP contribution in [-0.4, -0.2) is 23.3 Å². The number of hydrogen-bond donors (Lipinski definition) is 1. The molecular weight excluding hydrogens is 262 g/mol. The molecule has 1 aliphatic rings. The first-order valence-corrected chi connectivity index (χ1v) is 7.61. The van der Waals surface area contributed by atoms with E-state index >= 15 is 0 Å². The van der Waals surface area contributed by atoms with Gasteiger partial charge >= 0.3 is 5.97 Å².